The Bertz CT molecular complexity index is 698. The molecule has 1 aromatic carbocycles. The Kier molecular flexibility index (Phi) is 4.24. The van der Waals surface area contributed by atoms with Crippen molar-refractivity contribution in [3.05, 3.63) is 53.1 Å². The van der Waals surface area contributed by atoms with Crippen molar-refractivity contribution in [3.8, 4) is 0 Å². The number of fused-ring (bicyclic) bond motifs is 1. The van der Waals surface area contributed by atoms with Gasteiger partial charge in [0.15, 0.2) is 0 Å². The molecule has 122 valence electrons. The lowest BCUT2D eigenvalue weighted by atomic mass is 10.0. The van der Waals surface area contributed by atoms with Crippen molar-refractivity contribution in [1.29, 1.82) is 0 Å². The van der Waals surface area contributed by atoms with Crippen LogP contribution in [0.2, 0.25) is 0 Å². The largest absolute Gasteiger partial charge is 0.332 e. The molecule has 23 heavy (non-hydrogen) atoms. The van der Waals surface area contributed by atoms with Crippen LogP contribution in [0, 0.1) is 0 Å². The second-order valence-corrected chi connectivity index (χ2v) is 6.89. The zero-order chi connectivity index (χ0) is 16.6. The highest BCUT2D eigenvalue weighted by Crippen LogP contribution is 2.23. The molecule has 0 unspecified atom stereocenters. The number of nitrogens with zero attached hydrogens (tertiary/aromatic N) is 3. The first-order valence-electron chi connectivity index (χ1n) is 8.41. The Morgan fingerprint density at radius 1 is 1.13 bits per heavy atom. The van der Waals surface area contributed by atoms with Crippen molar-refractivity contribution in [2.24, 2.45) is 0 Å². The van der Waals surface area contributed by atoms with E-state index < -0.39 is 0 Å². The predicted molar refractivity (Wildman–Crippen MR) is 91.6 cm³/mol. The molecule has 0 bridgehead atoms. The van der Waals surface area contributed by atoms with Gasteiger partial charge in [-0.15, -0.1) is 0 Å². The van der Waals surface area contributed by atoms with Crippen LogP contribution >= 0.6 is 0 Å². The maximum atomic E-state index is 12.8. The predicted octanol–water partition coefficient (Wildman–Crippen LogP) is 3.79. The van der Waals surface area contributed by atoms with Crippen molar-refractivity contribution < 1.29 is 4.79 Å². The summed E-state index contributed by atoms with van der Waals surface area (Å²) in [4.78, 5) is 19.2. The minimum absolute atomic E-state index is 0.113. The van der Waals surface area contributed by atoms with E-state index in [1.54, 1.807) is 0 Å². The van der Waals surface area contributed by atoms with E-state index in [1.807, 2.05) is 23.4 Å². The fraction of sp³-hybridized carbons (Fsp3) is 0.474. The summed E-state index contributed by atoms with van der Waals surface area (Å²) in [5, 5.41) is 0. The van der Waals surface area contributed by atoms with Crippen LogP contribution in [0.5, 0.6) is 0 Å². The van der Waals surface area contributed by atoms with Crippen LogP contribution in [-0.2, 0) is 13.0 Å². The van der Waals surface area contributed by atoms with E-state index in [4.69, 9.17) is 0 Å². The van der Waals surface area contributed by atoms with Crippen molar-refractivity contribution >= 4 is 5.91 Å². The molecule has 4 nitrogen and oxygen atoms in total. The summed E-state index contributed by atoms with van der Waals surface area (Å²) in [6, 6.07) is 8.39. The number of rotatable bonds is 3. The Labute approximate surface area is 138 Å². The Hall–Kier alpha value is -2.10. The molecule has 0 aliphatic carbocycles. The summed E-state index contributed by atoms with van der Waals surface area (Å²) in [7, 11) is 0. The molecule has 0 saturated heterocycles. The number of carbonyl (C=O) groups excluding carboxylic acids is 1. The third-order valence-corrected chi connectivity index (χ3v) is 4.61. The van der Waals surface area contributed by atoms with Crippen LogP contribution in [0.4, 0.5) is 0 Å². The fourth-order valence-corrected chi connectivity index (χ4v) is 3.12. The second-order valence-electron chi connectivity index (χ2n) is 6.89. The van der Waals surface area contributed by atoms with Crippen LogP contribution in [0.15, 0.2) is 30.6 Å². The van der Waals surface area contributed by atoms with Gasteiger partial charge in [0.1, 0.15) is 0 Å². The second kappa shape index (κ2) is 6.19. The standard InChI is InChI=1S/C19H25N3O/c1-13(2)15-5-7-16(8-6-15)19(23)21-10-9-17-18(11-21)22(12-20-17)14(3)4/h5-8,12-14H,9-11H2,1-4H3. The van der Waals surface area contributed by atoms with Gasteiger partial charge >= 0.3 is 0 Å². The monoisotopic (exact) mass is 311 g/mol. The first-order chi connectivity index (χ1) is 11.0. The van der Waals surface area contributed by atoms with Gasteiger partial charge in [0, 0.05) is 24.6 Å². The molecule has 0 N–H and O–H groups in total. The molecule has 4 heteroatoms. The van der Waals surface area contributed by atoms with Crippen molar-refractivity contribution in [2.75, 3.05) is 6.54 Å². The van der Waals surface area contributed by atoms with E-state index in [9.17, 15) is 4.79 Å². The topological polar surface area (TPSA) is 38.1 Å². The highest BCUT2D eigenvalue weighted by molar-refractivity contribution is 5.94. The van der Waals surface area contributed by atoms with Crippen LogP contribution in [0.3, 0.4) is 0 Å². The third-order valence-electron chi connectivity index (χ3n) is 4.61. The van der Waals surface area contributed by atoms with Crippen LogP contribution < -0.4 is 0 Å². The number of hydrogen-bond donors (Lipinski definition) is 0. The molecule has 1 aliphatic rings. The lowest BCUT2D eigenvalue weighted by molar-refractivity contribution is 0.0728. The van der Waals surface area contributed by atoms with Gasteiger partial charge in [0.05, 0.1) is 24.3 Å². The summed E-state index contributed by atoms with van der Waals surface area (Å²) < 4.78 is 2.18. The first-order valence-corrected chi connectivity index (χ1v) is 8.41. The van der Waals surface area contributed by atoms with Crippen LogP contribution in [0.25, 0.3) is 0 Å². The van der Waals surface area contributed by atoms with Gasteiger partial charge in [0.25, 0.3) is 5.91 Å². The quantitative estimate of drug-likeness (QED) is 0.865. The van der Waals surface area contributed by atoms with E-state index in [-0.39, 0.29) is 5.91 Å². The maximum Gasteiger partial charge on any atom is 0.254 e. The smallest absolute Gasteiger partial charge is 0.254 e. The zero-order valence-electron chi connectivity index (χ0n) is 14.4. The molecule has 1 aliphatic heterocycles. The number of carbonyl (C=O) groups is 1. The number of amides is 1. The number of hydrogen-bond acceptors (Lipinski definition) is 2. The van der Waals surface area contributed by atoms with E-state index in [0.29, 0.717) is 18.5 Å². The van der Waals surface area contributed by atoms with Crippen molar-refractivity contribution in [3.63, 3.8) is 0 Å². The van der Waals surface area contributed by atoms with Gasteiger partial charge in [-0.3, -0.25) is 4.79 Å². The third kappa shape index (κ3) is 3.03. The Morgan fingerprint density at radius 3 is 2.43 bits per heavy atom. The molecule has 0 spiro atoms. The van der Waals surface area contributed by atoms with Gasteiger partial charge in [-0.05, 0) is 37.5 Å². The number of benzene rings is 1. The van der Waals surface area contributed by atoms with Crippen molar-refractivity contribution in [1.82, 2.24) is 14.5 Å². The molecular weight excluding hydrogens is 286 g/mol. The summed E-state index contributed by atoms with van der Waals surface area (Å²) in [6.07, 6.45) is 2.74. The SMILES string of the molecule is CC(C)c1ccc(C(=O)N2CCc3ncn(C(C)C)c3C2)cc1. The van der Waals surface area contributed by atoms with Gasteiger partial charge in [0.2, 0.25) is 0 Å². The average molecular weight is 311 g/mol. The molecule has 0 atom stereocenters. The van der Waals surface area contributed by atoms with Crippen LogP contribution in [0.1, 0.15) is 67.0 Å². The van der Waals surface area contributed by atoms with E-state index >= 15 is 0 Å². The van der Waals surface area contributed by atoms with Gasteiger partial charge in [-0.2, -0.15) is 0 Å². The lowest BCUT2D eigenvalue weighted by Gasteiger charge is -2.28. The molecule has 1 aromatic heterocycles. The molecule has 0 fully saturated rings. The molecule has 2 heterocycles. The summed E-state index contributed by atoms with van der Waals surface area (Å²) >= 11 is 0. The van der Waals surface area contributed by atoms with E-state index in [0.717, 1.165) is 24.2 Å². The first kappa shape index (κ1) is 15.8. The van der Waals surface area contributed by atoms with Gasteiger partial charge in [-0.25, -0.2) is 4.98 Å². The highest BCUT2D eigenvalue weighted by atomic mass is 16.2. The molecule has 1 amide bonds. The molecule has 0 saturated carbocycles. The minimum atomic E-state index is 0.113. The Morgan fingerprint density at radius 2 is 1.83 bits per heavy atom. The number of imidazole rings is 1. The van der Waals surface area contributed by atoms with Gasteiger partial charge in [-0.1, -0.05) is 26.0 Å². The Balaban J connectivity index is 1.80. The minimum Gasteiger partial charge on any atom is -0.332 e. The summed E-state index contributed by atoms with van der Waals surface area (Å²) in [5.74, 6) is 0.597. The van der Waals surface area contributed by atoms with Crippen molar-refractivity contribution in [2.45, 2.75) is 52.6 Å². The lowest BCUT2D eigenvalue weighted by Crippen LogP contribution is -2.37. The highest BCUT2D eigenvalue weighted by Gasteiger charge is 2.25. The summed E-state index contributed by atoms with van der Waals surface area (Å²) in [5.41, 5.74) is 4.35. The van der Waals surface area contributed by atoms with Crippen LogP contribution in [-0.4, -0.2) is 26.9 Å². The van der Waals surface area contributed by atoms with E-state index in [2.05, 4.69) is 49.4 Å². The summed E-state index contributed by atoms with van der Waals surface area (Å²) in [6.45, 7) is 10.0. The van der Waals surface area contributed by atoms with E-state index in [1.165, 1.54) is 11.3 Å². The van der Waals surface area contributed by atoms with Gasteiger partial charge < -0.3 is 9.47 Å². The average Bonchev–Trinajstić information content (AvgIpc) is 2.97. The molecule has 0 radical (unpaired) electrons. The molecular formula is C19H25N3O. The molecule has 2 aromatic rings. The number of aromatic nitrogens is 2. The zero-order valence-corrected chi connectivity index (χ0v) is 14.4. The maximum absolute atomic E-state index is 12.8. The normalized spacial score (nSPS) is 14.4. The molecule has 3 rings (SSSR count). The fourth-order valence-electron chi connectivity index (χ4n) is 3.12.